The van der Waals surface area contributed by atoms with Crippen molar-refractivity contribution < 1.29 is 14.6 Å². The lowest BCUT2D eigenvalue weighted by Gasteiger charge is -2.26. The van der Waals surface area contributed by atoms with Gasteiger partial charge in [-0.3, -0.25) is 9.69 Å². The summed E-state index contributed by atoms with van der Waals surface area (Å²) < 4.78 is 5.06. The average Bonchev–Trinajstić information content (AvgIpc) is 2.83. The zero-order valence-corrected chi connectivity index (χ0v) is 12.4. The van der Waals surface area contributed by atoms with E-state index in [4.69, 9.17) is 4.74 Å². The molecule has 1 unspecified atom stereocenters. The molecule has 21 heavy (non-hydrogen) atoms. The fourth-order valence-electron chi connectivity index (χ4n) is 3.38. The lowest BCUT2D eigenvalue weighted by atomic mass is 10.1. The molecule has 1 N–H and O–H groups in total. The SMILES string of the molecule is COc1ccc(C(=O)N2CCCN3CCCC3C2)c(O)c1. The van der Waals surface area contributed by atoms with Crippen LogP contribution in [0.2, 0.25) is 0 Å². The molecule has 2 aliphatic heterocycles. The fourth-order valence-corrected chi connectivity index (χ4v) is 3.38. The Morgan fingerprint density at radius 2 is 2.10 bits per heavy atom. The largest absolute Gasteiger partial charge is 0.507 e. The van der Waals surface area contributed by atoms with Crippen molar-refractivity contribution in [3.05, 3.63) is 23.8 Å². The molecule has 3 rings (SSSR count). The van der Waals surface area contributed by atoms with Gasteiger partial charge in [0.1, 0.15) is 11.5 Å². The van der Waals surface area contributed by atoms with Crippen molar-refractivity contribution in [3.63, 3.8) is 0 Å². The van der Waals surface area contributed by atoms with Crippen LogP contribution in [0.1, 0.15) is 29.6 Å². The van der Waals surface area contributed by atoms with Crippen LogP contribution < -0.4 is 4.74 Å². The molecule has 1 aromatic rings. The number of rotatable bonds is 2. The van der Waals surface area contributed by atoms with Crippen LogP contribution in [0.5, 0.6) is 11.5 Å². The number of aromatic hydroxyl groups is 1. The molecule has 0 aromatic heterocycles. The Kier molecular flexibility index (Phi) is 4.01. The maximum Gasteiger partial charge on any atom is 0.257 e. The first-order chi connectivity index (χ1) is 10.2. The summed E-state index contributed by atoms with van der Waals surface area (Å²) in [5.41, 5.74) is 0.363. The van der Waals surface area contributed by atoms with Crippen molar-refractivity contribution in [2.75, 3.05) is 33.3 Å². The van der Waals surface area contributed by atoms with E-state index in [9.17, 15) is 9.90 Å². The Bertz CT molecular complexity index is 532. The summed E-state index contributed by atoms with van der Waals surface area (Å²) in [6, 6.07) is 5.34. The van der Waals surface area contributed by atoms with Crippen LogP contribution in [0.4, 0.5) is 0 Å². The van der Waals surface area contributed by atoms with E-state index in [1.807, 2.05) is 4.90 Å². The van der Waals surface area contributed by atoms with Crippen LogP contribution in [0.15, 0.2) is 18.2 Å². The second-order valence-corrected chi connectivity index (χ2v) is 5.82. The minimum atomic E-state index is -0.0797. The fraction of sp³-hybridized carbons (Fsp3) is 0.562. The van der Waals surface area contributed by atoms with Gasteiger partial charge in [0.05, 0.1) is 12.7 Å². The number of hydrogen-bond acceptors (Lipinski definition) is 4. The number of nitrogens with zero attached hydrogens (tertiary/aromatic N) is 2. The van der Waals surface area contributed by atoms with E-state index in [0.717, 1.165) is 32.6 Å². The quantitative estimate of drug-likeness (QED) is 0.901. The van der Waals surface area contributed by atoms with Crippen molar-refractivity contribution >= 4 is 5.91 Å². The third kappa shape index (κ3) is 2.83. The predicted octanol–water partition coefficient (Wildman–Crippen LogP) is 1.71. The van der Waals surface area contributed by atoms with Gasteiger partial charge in [0, 0.05) is 31.7 Å². The van der Waals surface area contributed by atoms with Crippen molar-refractivity contribution in [1.82, 2.24) is 9.80 Å². The second-order valence-electron chi connectivity index (χ2n) is 5.82. The number of ether oxygens (including phenoxy) is 1. The van der Waals surface area contributed by atoms with Gasteiger partial charge in [0.25, 0.3) is 5.91 Å². The molecule has 2 fully saturated rings. The lowest BCUT2D eigenvalue weighted by Crippen LogP contribution is -2.39. The van der Waals surface area contributed by atoms with E-state index in [-0.39, 0.29) is 11.7 Å². The van der Waals surface area contributed by atoms with Crippen molar-refractivity contribution in [2.24, 2.45) is 0 Å². The number of methoxy groups -OCH3 is 1. The molecule has 1 atom stereocenters. The van der Waals surface area contributed by atoms with Gasteiger partial charge >= 0.3 is 0 Å². The minimum Gasteiger partial charge on any atom is -0.507 e. The Labute approximate surface area is 125 Å². The van der Waals surface area contributed by atoms with Gasteiger partial charge in [0.15, 0.2) is 0 Å². The Morgan fingerprint density at radius 3 is 2.86 bits per heavy atom. The van der Waals surface area contributed by atoms with Crippen LogP contribution in [0, 0.1) is 0 Å². The van der Waals surface area contributed by atoms with Crippen LogP contribution >= 0.6 is 0 Å². The Balaban J connectivity index is 1.77. The van der Waals surface area contributed by atoms with Crippen molar-refractivity contribution in [3.8, 4) is 11.5 Å². The van der Waals surface area contributed by atoms with Gasteiger partial charge < -0.3 is 14.7 Å². The topological polar surface area (TPSA) is 53.0 Å². The standard InChI is InChI=1S/C16H22N2O3/c1-21-13-5-6-14(15(19)10-13)16(20)18-9-3-8-17-7-2-4-12(17)11-18/h5-6,10,12,19H,2-4,7-9,11H2,1H3. The first-order valence-electron chi connectivity index (χ1n) is 7.59. The Hall–Kier alpha value is -1.75. The maximum atomic E-state index is 12.7. The lowest BCUT2D eigenvalue weighted by molar-refractivity contribution is 0.0740. The highest BCUT2D eigenvalue weighted by molar-refractivity contribution is 5.97. The first kappa shape index (κ1) is 14.2. The van der Waals surface area contributed by atoms with Crippen LogP contribution in [-0.4, -0.2) is 60.1 Å². The average molecular weight is 290 g/mol. The second kappa shape index (κ2) is 5.93. The zero-order chi connectivity index (χ0) is 14.8. The third-order valence-corrected chi connectivity index (χ3v) is 4.53. The summed E-state index contributed by atoms with van der Waals surface area (Å²) in [4.78, 5) is 17.0. The van der Waals surface area contributed by atoms with Gasteiger partial charge in [-0.05, 0) is 37.9 Å². The molecular formula is C16H22N2O3. The van der Waals surface area contributed by atoms with E-state index in [1.54, 1.807) is 19.2 Å². The number of fused-ring (bicyclic) bond motifs is 1. The molecule has 0 bridgehead atoms. The van der Waals surface area contributed by atoms with Gasteiger partial charge in [0.2, 0.25) is 0 Å². The van der Waals surface area contributed by atoms with Crippen molar-refractivity contribution in [1.29, 1.82) is 0 Å². The summed E-state index contributed by atoms with van der Waals surface area (Å²) in [5, 5.41) is 10.0. The molecular weight excluding hydrogens is 268 g/mol. The van der Waals surface area contributed by atoms with E-state index in [1.165, 1.54) is 18.9 Å². The summed E-state index contributed by atoms with van der Waals surface area (Å²) in [7, 11) is 1.54. The molecule has 0 radical (unpaired) electrons. The van der Waals surface area contributed by atoms with Crippen molar-refractivity contribution in [2.45, 2.75) is 25.3 Å². The molecule has 2 aliphatic rings. The smallest absolute Gasteiger partial charge is 0.257 e. The number of amides is 1. The molecule has 5 heteroatoms. The maximum absolute atomic E-state index is 12.7. The highest BCUT2D eigenvalue weighted by Gasteiger charge is 2.31. The Morgan fingerprint density at radius 1 is 1.29 bits per heavy atom. The first-order valence-corrected chi connectivity index (χ1v) is 7.59. The highest BCUT2D eigenvalue weighted by atomic mass is 16.5. The summed E-state index contributed by atoms with van der Waals surface area (Å²) >= 11 is 0. The normalized spacial score (nSPS) is 22.7. The molecule has 114 valence electrons. The zero-order valence-electron chi connectivity index (χ0n) is 12.4. The third-order valence-electron chi connectivity index (χ3n) is 4.53. The minimum absolute atomic E-state index is 0.00752. The molecule has 2 saturated heterocycles. The summed E-state index contributed by atoms with van der Waals surface area (Å²) in [5.74, 6) is 0.470. The molecule has 0 aliphatic carbocycles. The molecule has 0 spiro atoms. The van der Waals surface area contributed by atoms with Gasteiger partial charge in [-0.25, -0.2) is 0 Å². The van der Waals surface area contributed by atoms with E-state index in [0.29, 0.717) is 17.4 Å². The molecule has 5 nitrogen and oxygen atoms in total. The number of carbonyl (C=O) groups excluding carboxylic acids is 1. The number of carbonyl (C=O) groups is 1. The van der Waals surface area contributed by atoms with Gasteiger partial charge in [-0.15, -0.1) is 0 Å². The van der Waals surface area contributed by atoms with E-state index in [2.05, 4.69) is 4.90 Å². The van der Waals surface area contributed by atoms with Gasteiger partial charge in [-0.1, -0.05) is 0 Å². The van der Waals surface area contributed by atoms with Crippen LogP contribution in [0.25, 0.3) is 0 Å². The molecule has 2 heterocycles. The molecule has 1 amide bonds. The monoisotopic (exact) mass is 290 g/mol. The number of benzene rings is 1. The number of hydrogen-bond donors (Lipinski definition) is 1. The number of phenols is 1. The molecule has 0 saturated carbocycles. The predicted molar refractivity (Wildman–Crippen MR) is 79.8 cm³/mol. The highest BCUT2D eigenvalue weighted by Crippen LogP contribution is 2.27. The van der Waals surface area contributed by atoms with E-state index >= 15 is 0 Å². The number of phenolic OH excluding ortho intramolecular Hbond substituents is 1. The van der Waals surface area contributed by atoms with Gasteiger partial charge in [-0.2, -0.15) is 0 Å². The summed E-state index contributed by atoms with van der Waals surface area (Å²) in [6.45, 7) is 3.76. The van der Waals surface area contributed by atoms with Crippen LogP contribution in [-0.2, 0) is 0 Å². The van der Waals surface area contributed by atoms with E-state index < -0.39 is 0 Å². The summed E-state index contributed by atoms with van der Waals surface area (Å²) in [6.07, 6.45) is 3.39. The molecule has 1 aromatic carbocycles. The van der Waals surface area contributed by atoms with Crippen LogP contribution in [0.3, 0.4) is 0 Å².